The fraction of sp³-hybridized carbons (Fsp3) is 0.379. The number of carbonyl (C=O) groups excluding carboxylic acids is 1. The number of benzene rings is 2. The largest absolute Gasteiger partial charge is 0.416 e. The predicted octanol–water partition coefficient (Wildman–Crippen LogP) is 4.74. The van der Waals surface area contributed by atoms with Crippen molar-refractivity contribution >= 4 is 40.1 Å². The third-order valence-electron chi connectivity index (χ3n) is 7.31. The lowest BCUT2D eigenvalue weighted by molar-refractivity contribution is -0.137. The van der Waals surface area contributed by atoms with Gasteiger partial charge in [-0.25, -0.2) is 9.67 Å². The van der Waals surface area contributed by atoms with E-state index in [0.717, 1.165) is 63.4 Å². The molecule has 4 aromatic rings. The first-order valence-electron chi connectivity index (χ1n) is 13.8. The normalized spacial score (nSPS) is 14.7. The van der Waals surface area contributed by atoms with Crippen LogP contribution in [0.15, 0.2) is 48.7 Å². The molecule has 1 fully saturated rings. The molecule has 0 bridgehead atoms. The van der Waals surface area contributed by atoms with Crippen LogP contribution in [-0.4, -0.2) is 81.8 Å². The number of rotatable bonds is 9. The average Bonchev–Trinajstić information content (AvgIpc) is 3.27. The van der Waals surface area contributed by atoms with Gasteiger partial charge in [-0.15, -0.1) is 0 Å². The van der Waals surface area contributed by atoms with Crippen LogP contribution in [0.25, 0.3) is 11.0 Å². The van der Waals surface area contributed by atoms with Crippen LogP contribution in [0, 0.1) is 6.92 Å². The molecule has 2 aromatic carbocycles. The van der Waals surface area contributed by atoms with Gasteiger partial charge < -0.3 is 25.8 Å². The van der Waals surface area contributed by atoms with E-state index in [4.69, 9.17) is 0 Å². The number of anilines is 4. The predicted molar refractivity (Wildman–Crippen MR) is 157 cm³/mol. The van der Waals surface area contributed by atoms with Crippen molar-refractivity contribution < 1.29 is 18.0 Å². The van der Waals surface area contributed by atoms with Crippen LogP contribution in [-0.2, 0) is 13.2 Å². The molecule has 222 valence electrons. The monoisotopic (exact) mass is 581 g/mol. The Morgan fingerprint density at radius 1 is 1.05 bits per heavy atom. The molecule has 2 aromatic heterocycles. The van der Waals surface area contributed by atoms with Crippen LogP contribution in [0.3, 0.4) is 0 Å². The Hall–Kier alpha value is -4.23. The number of hydrogen-bond donors (Lipinski definition) is 3. The number of nitrogens with one attached hydrogen (secondary N) is 3. The Bertz CT molecular complexity index is 1560. The van der Waals surface area contributed by atoms with E-state index in [1.807, 2.05) is 6.92 Å². The summed E-state index contributed by atoms with van der Waals surface area (Å²) in [7, 11) is 3.94. The number of halogens is 3. The summed E-state index contributed by atoms with van der Waals surface area (Å²) in [5.74, 6) is 0.516. The number of fused-ring (bicyclic) bond motifs is 1. The lowest BCUT2D eigenvalue weighted by atomic mass is 10.1. The first-order valence-corrected chi connectivity index (χ1v) is 13.8. The molecule has 42 heavy (non-hydrogen) atoms. The third kappa shape index (κ3) is 6.97. The van der Waals surface area contributed by atoms with E-state index >= 15 is 0 Å². The van der Waals surface area contributed by atoms with Gasteiger partial charge in [0.1, 0.15) is 0 Å². The molecule has 0 radical (unpaired) electrons. The summed E-state index contributed by atoms with van der Waals surface area (Å²) < 4.78 is 40.9. The van der Waals surface area contributed by atoms with Crippen LogP contribution in [0.2, 0.25) is 0 Å². The second kappa shape index (κ2) is 12.3. The number of aromatic nitrogens is 4. The highest BCUT2D eigenvalue weighted by molar-refractivity contribution is 6.05. The number of aryl methyl sites for hydroxylation is 2. The zero-order valence-corrected chi connectivity index (χ0v) is 23.8. The van der Waals surface area contributed by atoms with Crippen LogP contribution in [0.5, 0.6) is 0 Å². The Morgan fingerprint density at radius 3 is 2.60 bits per heavy atom. The molecule has 0 aliphatic carbocycles. The maximum atomic E-state index is 13.1. The quantitative estimate of drug-likeness (QED) is 0.244. The van der Waals surface area contributed by atoms with Crippen LogP contribution in [0.1, 0.15) is 27.9 Å². The molecule has 1 aliphatic rings. The molecule has 0 atom stereocenters. The lowest BCUT2D eigenvalue weighted by Crippen LogP contribution is -2.44. The summed E-state index contributed by atoms with van der Waals surface area (Å²) in [6.07, 6.45) is -1.81. The molecule has 0 spiro atoms. The maximum Gasteiger partial charge on any atom is 0.416 e. The summed E-state index contributed by atoms with van der Waals surface area (Å²) in [5, 5.41) is 14.4. The van der Waals surface area contributed by atoms with Crippen molar-refractivity contribution in [3.63, 3.8) is 0 Å². The summed E-state index contributed by atoms with van der Waals surface area (Å²) in [6.45, 7) is 8.04. The minimum atomic E-state index is -4.50. The zero-order valence-electron chi connectivity index (χ0n) is 23.8. The Balaban J connectivity index is 1.24. The molecule has 3 N–H and O–H groups in total. The Kier molecular flexibility index (Phi) is 8.59. The number of hydrogen-bond acceptors (Lipinski definition) is 8. The number of piperazine rings is 1. The van der Waals surface area contributed by atoms with Gasteiger partial charge in [0.25, 0.3) is 5.91 Å². The van der Waals surface area contributed by atoms with Gasteiger partial charge in [0.2, 0.25) is 5.95 Å². The molecular formula is C29H34F3N9O. The van der Waals surface area contributed by atoms with Crippen molar-refractivity contribution in [2.45, 2.75) is 19.5 Å². The van der Waals surface area contributed by atoms with Crippen LogP contribution < -0.4 is 16.0 Å². The van der Waals surface area contributed by atoms with Gasteiger partial charge in [0.15, 0.2) is 11.5 Å². The minimum absolute atomic E-state index is 0.0570. The molecule has 0 saturated carbocycles. The second-order valence-electron chi connectivity index (χ2n) is 10.5. The van der Waals surface area contributed by atoms with E-state index in [9.17, 15) is 18.0 Å². The first-order chi connectivity index (χ1) is 20.1. The van der Waals surface area contributed by atoms with E-state index < -0.39 is 17.6 Å². The van der Waals surface area contributed by atoms with Crippen molar-refractivity contribution in [1.82, 2.24) is 29.5 Å². The molecule has 3 heterocycles. The van der Waals surface area contributed by atoms with E-state index in [1.54, 1.807) is 36.1 Å². The van der Waals surface area contributed by atoms with E-state index in [0.29, 0.717) is 28.5 Å². The number of nitrogens with zero attached hydrogens (tertiary/aromatic N) is 6. The SMILES string of the molecule is Cc1ccc(C(=O)Nc2cccc(C(F)(F)F)c2)cc1Nc1nn(C)c2nc(NCCCN3CCN(C)CC3)ncc12. The molecule has 10 nitrogen and oxygen atoms in total. The minimum Gasteiger partial charge on any atom is -0.354 e. The lowest BCUT2D eigenvalue weighted by Gasteiger charge is -2.32. The van der Waals surface area contributed by atoms with E-state index in [2.05, 4.69) is 47.9 Å². The Labute approximate surface area is 241 Å². The molecule has 1 amide bonds. The number of carbonyl (C=O) groups is 1. The standard InChI is InChI=1S/C29H34F3N9O/c1-19-8-9-20(27(42)35-22-7-4-6-21(17-22)29(30,31)32)16-24(19)36-25-23-18-34-28(37-26(23)40(3)38-25)33-10-5-11-41-14-12-39(2)13-15-41/h4,6-9,16-18H,5,10-15H2,1-3H3,(H,35,42)(H,36,38)(H,33,34,37). The highest BCUT2D eigenvalue weighted by Gasteiger charge is 2.30. The van der Waals surface area contributed by atoms with Gasteiger partial charge in [0.05, 0.1) is 10.9 Å². The van der Waals surface area contributed by atoms with Gasteiger partial charge in [-0.05, 0) is 62.8 Å². The van der Waals surface area contributed by atoms with Crippen molar-refractivity contribution in [3.8, 4) is 0 Å². The number of amides is 1. The molecule has 13 heteroatoms. The molecule has 1 saturated heterocycles. The van der Waals surface area contributed by atoms with E-state index in [-0.39, 0.29) is 11.3 Å². The van der Waals surface area contributed by atoms with Gasteiger partial charge >= 0.3 is 6.18 Å². The van der Waals surface area contributed by atoms with Gasteiger partial charge in [-0.3, -0.25) is 4.79 Å². The average molecular weight is 582 g/mol. The van der Waals surface area contributed by atoms with Gasteiger partial charge in [0, 0.05) is 62.9 Å². The number of likely N-dealkylation sites (N-methyl/N-ethyl adjacent to an activating group) is 1. The highest BCUT2D eigenvalue weighted by Crippen LogP contribution is 2.31. The van der Waals surface area contributed by atoms with Crippen molar-refractivity contribution in [3.05, 3.63) is 65.4 Å². The van der Waals surface area contributed by atoms with Crippen LogP contribution >= 0.6 is 0 Å². The summed E-state index contributed by atoms with van der Waals surface area (Å²) in [4.78, 5) is 26.8. The fourth-order valence-corrected chi connectivity index (χ4v) is 4.79. The Morgan fingerprint density at radius 2 is 1.83 bits per heavy atom. The molecule has 0 unspecified atom stereocenters. The number of alkyl halides is 3. The van der Waals surface area contributed by atoms with Crippen LogP contribution in [0.4, 0.5) is 36.3 Å². The van der Waals surface area contributed by atoms with Crippen molar-refractivity contribution in [2.24, 2.45) is 7.05 Å². The fourth-order valence-electron chi connectivity index (χ4n) is 4.79. The van der Waals surface area contributed by atoms with Crippen molar-refractivity contribution in [2.75, 3.05) is 62.3 Å². The molecular weight excluding hydrogens is 547 g/mol. The second-order valence-corrected chi connectivity index (χ2v) is 10.5. The summed E-state index contributed by atoms with van der Waals surface area (Å²) in [6, 6.07) is 9.54. The van der Waals surface area contributed by atoms with E-state index in [1.165, 1.54) is 12.1 Å². The van der Waals surface area contributed by atoms with Gasteiger partial charge in [-0.1, -0.05) is 12.1 Å². The zero-order chi connectivity index (χ0) is 29.9. The summed E-state index contributed by atoms with van der Waals surface area (Å²) in [5.41, 5.74) is 1.62. The highest BCUT2D eigenvalue weighted by atomic mass is 19.4. The first kappa shape index (κ1) is 29.3. The summed E-state index contributed by atoms with van der Waals surface area (Å²) >= 11 is 0. The maximum absolute atomic E-state index is 13.1. The third-order valence-corrected chi connectivity index (χ3v) is 7.31. The topological polar surface area (TPSA) is 103 Å². The smallest absolute Gasteiger partial charge is 0.354 e. The molecule has 5 rings (SSSR count). The molecule has 1 aliphatic heterocycles. The van der Waals surface area contributed by atoms with Crippen molar-refractivity contribution in [1.29, 1.82) is 0 Å². The van der Waals surface area contributed by atoms with Gasteiger partial charge in [-0.2, -0.15) is 23.3 Å².